The van der Waals surface area contributed by atoms with Gasteiger partial charge in [0.25, 0.3) is 0 Å². The van der Waals surface area contributed by atoms with Crippen LogP contribution >= 0.6 is 12.2 Å². The van der Waals surface area contributed by atoms with Crippen LogP contribution in [-0.4, -0.2) is 28.1 Å². The molecule has 1 fully saturated rings. The van der Waals surface area contributed by atoms with Crippen molar-refractivity contribution in [1.82, 2.24) is 15.2 Å². The summed E-state index contributed by atoms with van der Waals surface area (Å²) < 4.78 is 16.8. The Morgan fingerprint density at radius 3 is 2.73 bits per heavy atom. The number of pyridine rings is 1. The number of methoxy groups -OCH3 is 1. The minimum atomic E-state index is -0.418. The first-order valence-corrected chi connectivity index (χ1v) is 10.8. The molecule has 5 rings (SSSR count). The zero-order valence-electron chi connectivity index (χ0n) is 17.8. The molecule has 7 nitrogen and oxygen atoms in total. The van der Waals surface area contributed by atoms with E-state index in [9.17, 15) is 4.79 Å². The molecule has 1 aromatic carbocycles. The van der Waals surface area contributed by atoms with E-state index < -0.39 is 5.97 Å². The fourth-order valence-electron chi connectivity index (χ4n) is 4.10. The molecule has 1 aliphatic heterocycles. The van der Waals surface area contributed by atoms with E-state index in [0.717, 1.165) is 11.5 Å². The zero-order valence-corrected chi connectivity index (χ0v) is 18.6. The third-order valence-corrected chi connectivity index (χ3v) is 5.97. The molecule has 0 spiro atoms. The van der Waals surface area contributed by atoms with Crippen LogP contribution in [0.1, 0.15) is 39.7 Å². The number of carbonyl (C=O) groups excluding carboxylic acids is 1. The van der Waals surface area contributed by atoms with Crippen molar-refractivity contribution in [2.75, 3.05) is 7.11 Å². The van der Waals surface area contributed by atoms with Crippen molar-refractivity contribution in [2.24, 2.45) is 0 Å². The minimum absolute atomic E-state index is 0.219. The molecule has 1 aliphatic rings. The highest BCUT2D eigenvalue weighted by molar-refractivity contribution is 7.80. The molecule has 0 amide bonds. The Labute approximate surface area is 196 Å². The summed E-state index contributed by atoms with van der Waals surface area (Å²) in [5.41, 5.74) is 1.95. The normalized spacial score (nSPS) is 17.7. The molecule has 4 aromatic rings. The van der Waals surface area contributed by atoms with Gasteiger partial charge >= 0.3 is 5.97 Å². The monoisotopic (exact) mass is 459 g/mol. The molecule has 33 heavy (non-hydrogen) atoms. The maximum Gasteiger partial charge on any atom is 0.338 e. The summed E-state index contributed by atoms with van der Waals surface area (Å²) in [6.07, 6.45) is 3.40. The molecule has 166 valence electrons. The summed E-state index contributed by atoms with van der Waals surface area (Å²) in [7, 11) is 1.36. The molecule has 0 radical (unpaired) electrons. The number of furan rings is 2. The van der Waals surface area contributed by atoms with Gasteiger partial charge in [-0.1, -0.05) is 24.3 Å². The van der Waals surface area contributed by atoms with Crippen LogP contribution in [0, 0.1) is 0 Å². The van der Waals surface area contributed by atoms with Gasteiger partial charge in [0.15, 0.2) is 5.11 Å². The number of esters is 1. The van der Waals surface area contributed by atoms with Gasteiger partial charge in [-0.15, -0.1) is 0 Å². The van der Waals surface area contributed by atoms with Gasteiger partial charge in [0.2, 0.25) is 0 Å². The van der Waals surface area contributed by atoms with E-state index in [-0.39, 0.29) is 12.1 Å². The van der Waals surface area contributed by atoms with Crippen molar-refractivity contribution in [2.45, 2.75) is 18.6 Å². The summed E-state index contributed by atoms with van der Waals surface area (Å²) in [4.78, 5) is 18.8. The third kappa shape index (κ3) is 4.01. The number of rotatable bonds is 6. The van der Waals surface area contributed by atoms with Gasteiger partial charge in [-0.25, -0.2) is 4.79 Å². The third-order valence-electron chi connectivity index (χ3n) is 5.62. The SMILES string of the molecule is COC(=O)c1ccccc1-c1ccc(C2C(c3ccccn3)NC(=S)N2Cc2ccco2)o1. The van der Waals surface area contributed by atoms with Crippen LogP contribution in [0.2, 0.25) is 0 Å². The van der Waals surface area contributed by atoms with Gasteiger partial charge in [-0.2, -0.15) is 0 Å². The lowest BCUT2D eigenvalue weighted by atomic mass is 10.0. The van der Waals surface area contributed by atoms with Crippen LogP contribution in [-0.2, 0) is 11.3 Å². The Balaban J connectivity index is 1.55. The largest absolute Gasteiger partial charge is 0.467 e. The summed E-state index contributed by atoms with van der Waals surface area (Å²) in [5, 5.41) is 3.97. The average molecular weight is 460 g/mol. The number of aromatic nitrogens is 1. The number of thiocarbonyl (C=S) groups is 1. The zero-order chi connectivity index (χ0) is 22.8. The first-order chi connectivity index (χ1) is 16.2. The second-order valence-electron chi connectivity index (χ2n) is 7.57. The van der Waals surface area contributed by atoms with E-state index in [1.807, 2.05) is 59.5 Å². The fraction of sp³-hybridized carbons (Fsp3) is 0.160. The highest BCUT2D eigenvalue weighted by Crippen LogP contribution is 2.41. The molecular weight excluding hydrogens is 438 g/mol. The van der Waals surface area contributed by atoms with Crippen LogP contribution in [0.4, 0.5) is 0 Å². The van der Waals surface area contributed by atoms with Crippen molar-refractivity contribution < 1.29 is 18.4 Å². The number of hydrogen-bond acceptors (Lipinski definition) is 6. The van der Waals surface area contributed by atoms with E-state index >= 15 is 0 Å². The first kappa shape index (κ1) is 21.0. The standard InChI is InChI=1S/C25H21N3O4S/c1-30-24(29)18-9-3-2-8-17(18)20-11-12-21(32-20)23-22(19-10-4-5-13-26-19)27-25(33)28(23)15-16-7-6-14-31-16/h2-14,22-23H,15H2,1H3,(H,27,33). The number of nitrogens with zero attached hydrogens (tertiary/aromatic N) is 2. The molecule has 3 aromatic heterocycles. The summed E-state index contributed by atoms with van der Waals surface area (Å²) in [6, 6.07) is 20.0. The van der Waals surface area contributed by atoms with Crippen LogP contribution < -0.4 is 5.32 Å². The van der Waals surface area contributed by atoms with E-state index in [2.05, 4.69) is 10.3 Å². The molecule has 1 saturated heterocycles. The number of hydrogen-bond donors (Lipinski definition) is 1. The predicted molar refractivity (Wildman–Crippen MR) is 125 cm³/mol. The Morgan fingerprint density at radius 2 is 1.97 bits per heavy atom. The van der Waals surface area contributed by atoms with Gasteiger partial charge in [0.05, 0.1) is 37.2 Å². The lowest BCUT2D eigenvalue weighted by Gasteiger charge is -2.25. The van der Waals surface area contributed by atoms with Crippen molar-refractivity contribution in [3.05, 3.63) is 102 Å². The van der Waals surface area contributed by atoms with E-state index in [0.29, 0.717) is 34.3 Å². The van der Waals surface area contributed by atoms with Gasteiger partial charge in [-0.05, 0) is 54.7 Å². The van der Waals surface area contributed by atoms with Crippen LogP contribution in [0.25, 0.3) is 11.3 Å². The molecule has 2 atom stereocenters. The summed E-state index contributed by atoms with van der Waals surface area (Å²) >= 11 is 5.68. The van der Waals surface area contributed by atoms with Crippen LogP contribution in [0.3, 0.4) is 0 Å². The Bertz CT molecular complexity index is 1270. The highest BCUT2D eigenvalue weighted by Gasteiger charge is 2.42. The summed E-state index contributed by atoms with van der Waals surface area (Å²) in [6.45, 7) is 0.474. The molecule has 2 unspecified atom stereocenters. The lowest BCUT2D eigenvalue weighted by molar-refractivity contribution is 0.0601. The average Bonchev–Trinajstić information content (AvgIpc) is 3.61. The highest BCUT2D eigenvalue weighted by atomic mass is 32.1. The second-order valence-corrected chi connectivity index (χ2v) is 7.96. The topological polar surface area (TPSA) is 80.7 Å². The molecule has 4 heterocycles. The fourth-order valence-corrected chi connectivity index (χ4v) is 4.40. The smallest absolute Gasteiger partial charge is 0.338 e. The Kier molecular flexibility index (Phi) is 5.66. The molecule has 1 N–H and O–H groups in total. The maximum absolute atomic E-state index is 12.3. The van der Waals surface area contributed by atoms with Gasteiger partial charge in [0.1, 0.15) is 23.3 Å². The molecule has 0 aliphatic carbocycles. The van der Waals surface area contributed by atoms with E-state index in [1.165, 1.54) is 7.11 Å². The summed E-state index contributed by atoms with van der Waals surface area (Å²) in [5.74, 6) is 1.63. The van der Waals surface area contributed by atoms with Gasteiger partial charge < -0.3 is 23.8 Å². The molecule has 0 saturated carbocycles. The van der Waals surface area contributed by atoms with Crippen molar-refractivity contribution in [3.8, 4) is 11.3 Å². The van der Waals surface area contributed by atoms with Crippen LogP contribution in [0.15, 0.2) is 88.0 Å². The second kappa shape index (κ2) is 8.91. The van der Waals surface area contributed by atoms with Crippen molar-refractivity contribution >= 4 is 23.3 Å². The molecular formula is C25H21N3O4S. The lowest BCUT2D eigenvalue weighted by Crippen LogP contribution is -2.28. The Morgan fingerprint density at radius 1 is 1.12 bits per heavy atom. The van der Waals surface area contributed by atoms with Gasteiger partial charge in [0, 0.05) is 11.8 Å². The Hall–Kier alpha value is -3.91. The molecule has 8 heteroatoms. The van der Waals surface area contributed by atoms with Crippen molar-refractivity contribution in [3.63, 3.8) is 0 Å². The van der Waals surface area contributed by atoms with E-state index in [4.69, 9.17) is 25.8 Å². The first-order valence-electron chi connectivity index (χ1n) is 10.4. The quantitative estimate of drug-likeness (QED) is 0.322. The number of ether oxygens (including phenoxy) is 1. The predicted octanol–water partition coefficient (Wildman–Crippen LogP) is 4.89. The van der Waals surface area contributed by atoms with Crippen molar-refractivity contribution in [1.29, 1.82) is 0 Å². The molecule has 0 bridgehead atoms. The number of nitrogens with one attached hydrogen (secondary N) is 1. The maximum atomic E-state index is 12.3. The minimum Gasteiger partial charge on any atom is -0.467 e. The number of carbonyl (C=O) groups is 1. The van der Waals surface area contributed by atoms with Crippen LogP contribution in [0.5, 0.6) is 0 Å². The van der Waals surface area contributed by atoms with E-state index in [1.54, 1.807) is 24.6 Å². The van der Waals surface area contributed by atoms with Gasteiger partial charge in [-0.3, -0.25) is 4.98 Å². The number of benzene rings is 1.